The molecule has 4 rings (SSSR count). The van der Waals surface area contributed by atoms with Crippen molar-refractivity contribution < 1.29 is 9.53 Å². The van der Waals surface area contributed by atoms with Gasteiger partial charge in [0.15, 0.2) is 5.13 Å². The van der Waals surface area contributed by atoms with Crippen molar-refractivity contribution in [1.29, 1.82) is 0 Å². The van der Waals surface area contributed by atoms with Crippen molar-refractivity contribution in [1.82, 2.24) is 9.97 Å². The van der Waals surface area contributed by atoms with Crippen molar-refractivity contribution in [2.24, 2.45) is 0 Å². The molecule has 4 aromatic rings. The normalized spacial score (nSPS) is 10.9. The summed E-state index contributed by atoms with van der Waals surface area (Å²) in [7, 11) is 0. The van der Waals surface area contributed by atoms with E-state index in [9.17, 15) is 4.79 Å². The third-order valence-corrected chi connectivity index (χ3v) is 5.77. The highest BCUT2D eigenvalue weighted by Gasteiger charge is 2.21. The number of carbonyl (C=O) groups excluding carboxylic acids is 1. The van der Waals surface area contributed by atoms with Gasteiger partial charge in [0.1, 0.15) is 5.75 Å². The summed E-state index contributed by atoms with van der Waals surface area (Å²) in [6.45, 7) is 5.04. The van der Waals surface area contributed by atoms with E-state index in [-0.39, 0.29) is 5.91 Å². The first-order valence-corrected chi connectivity index (χ1v) is 10.7. The number of pyridine rings is 1. The summed E-state index contributed by atoms with van der Waals surface area (Å²) in [6.07, 6.45) is 3.84. The van der Waals surface area contributed by atoms with E-state index in [4.69, 9.17) is 9.72 Å². The van der Waals surface area contributed by atoms with E-state index in [0.29, 0.717) is 24.7 Å². The molecule has 0 aliphatic heterocycles. The average Bonchev–Trinajstić information content (AvgIpc) is 3.17. The molecule has 2 aromatic carbocycles. The predicted molar refractivity (Wildman–Crippen MR) is 121 cm³/mol. The van der Waals surface area contributed by atoms with Gasteiger partial charge in [-0.05, 0) is 49.2 Å². The summed E-state index contributed by atoms with van der Waals surface area (Å²) < 4.78 is 6.60. The fraction of sp³-hybridized carbons (Fsp3) is 0.208. The van der Waals surface area contributed by atoms with Gasteiger partial charge < -0.3 is 4.74 Å². The molecule has 6 heteroatoms. The van der Waals surface area contributed by atoms with Crippen LogP contribution in [-0.4, -0.2) is 22.5 Å². The first-order valence-electron chi connectivity index (χ1n) is 9.90. The van der Waals surface area contributed by atoms with Gasteiger partial charge in [-0.2, -0.15) is 0 Å². The summed E-state index contributed by atoms with van der Waals surface area (Å²) in [5, 5.41) is 0.680. The van der Waals surface area contributed by atoms with Crippen molar-refractivity contribution in [3.05, 3.63) is 83.7 Å². The smallest absolute Gasteiger partial charge is 0.233 e. The number of hydrogen-bond donors (Lipinski definition) is 0. The molecule has 0 spiro atoms. The molecule has 0 saturated heterocycles. The fourth-order valence-corrected chi connectivity index (χ4v) is 4.19. The molecule has 0 aliphatic carbocycles. The number of amides is 1. The Labute approximate surface area is 180 Å². The number of fused-ring (bicyclic) bond motifs is 1. The van der Waals surface area contributed by atoms with E-state index in [2.05, 4.69) is 4.98 Å². The highest BCUT2D eigenvalue weighted by atomic mass is 32.1. The molecule has 30 heavy (non-hydrogen) atoms. The Morgan fingerprint density at radius 2 is 1.93 bits per heavy atom. The molecule has 0 unspecified atom stereocenters. The van der Waals surface area contributed by atoms with E-state index in [1.54, 1.807) is 17.3 Å². The minimum atomic E-state index is 0.00629. The lowest BCUT2D eigenvalue weighted by atomic mass is 10.1. The van der Waals surface area contributed by atoms with E-state index in [0.717, 1.165) is 27.1 Å². The summed E-state index contributed by atoms with van der Waals surface area (Å²) >= 11 is 1.50. The molecule has 5 nitrogen and oxygen atoms in total. The number of nitrogens with zero attached hydrogens (tertiary/aromatic N) is 3. The minimum Gasteiger partial charge on any atom is -0.494 e. The Bertz CT molecular complexity index is 1140. The molecule has 2 heterocycles. The van der Waals surface area contributed by atoms with Gasteiger partial charge in [-0.25, -0.2) is 4.98 Å². The Morgan fingerprint density at radius 3 is 2.67 bits per heavy atom. The van der Waals surface area contributed by atoms with Gasteiger partial charge in [-0.15, -0.1) is 0 Å². The van der Waals surface area contributed by atoms with Gasteiger partial charge >= 0.3 is 0 Å². The molecule has 0 atom stereocenters. The minimum absolute atomic E-state index is 0.00629. The Morgan fingerprint density at radius 1 is 1.10 bits per heavy atom. The van der Waals surface area contributed by atoms with Gasteiger partial charge in [-0.1, -0.05) is 47.2 Å². The Hall–Kier alpha value is -3.25. The monoisotopic (exact) mass is 417 g/mol. The van der Waals surface area contributed by atoms with Crippen molar-refractivity contribution in [2.75, 3.05) is 11.5 Å². The predicted octanol–water partition coefficient (Wildman–Crippen LogP) is 5.17. The number of rotatable bonds is 7. The number of aromatic nitrogens is 2. The lowest BCUT2D eigenvalue weighted by Crippen LogP contribution is -2.31. The van der Waals surface area contributed by atoms with E-state index in [1.807, 2.05) is 68.4 Å². The standard InChI is InChI=1S/C24H23N3O2S/c1-3-29-20-10-11-21-22(14-20)30-24(26-21)27(16-19-5-4-12-25-15-19)23(28)13-18-8-6-17(2)7-9-18/h4-12,14-15H,3,13,16H2,1-2H3. The first-order chi connectivity index (χ1) is 14.6. The van der Waals surface area contributed by atoms with Crippen LogP contribution >= 0.6 is 11.3 Å². The largest absolute Gasteiger partial charge is 0.494 e. The summed E-state index contributed by atoms with van der Waals surface area (Å²) in [5.74, 6) is 0.816. The van der Waals surface area contributed by atoms with E-state index in [1.165, 1.54) is 16.9 Å². The van der Waals surface area contributed by atoms with Crippen LogP contribution in [0.15, 0.2) is 67.0 Å². The second-order valence-electron chi connectivity index (χ2n) is 7.06. The molecular weight excluding hydrogens is 394 g/mol. The topological polar surface area (TPSA) is 55.3 Å². The molecule has 0 fully saturated rings. The number of hydrogen-bond acceptors (Lipinski definition) is 5. The molecule has 152 valence electrons. The van der Waals surface area contributed by atoms with Crippen LogP contribution in [0.1, 0.15) is 23.6 Å². The summed E-state index contributed by atoms with van der Waals surface area (Å²) in [6, 6.07) is 17.7. The Balaban J connectivity index is 1.66. The number of aryl methyl sites for hydroxylation is 1. The summed E-state index contributed by atoms with van der Waals surface area (Å²) in [5.41, 5.74) is 3.98. The second kappa shape index (κ2) is 9.05. The van der Waals surface area contributed by atoms with Crippen LogP contribution in [0.5, 0.6) is 5.75 Å². The molecule has 0 saturated carbocycles. The molecule has 0 radical (unpaired) electrons. The zero-order chi connectivity index (χ0) is 20.9. The quantitative estimate of drug-likeness (QED) is 0.416. The van der Waals surface area contributed by atoms with Crippen LogP contribution in [0.2, 0.25) is 0 Å². The number of thiazole rings is 1. The fourth-order valence-electron chi connectivity index (χ4n) is 3.18. The average molecular weight is 418 g/mol. The van der Waals surface area contributed by atoms with Crippen molar-refractivity contribution in [3.8, 4) is 5.75 Å². The zero-order valence-electron chi connectivity index (χ0n) is 17.0. The lowest BCUT2D eigenvalue weighted by Gasteiger charge is -2.20. The van der Waals surface area contributed by atoms with Crippen LogP contribution in [0.25, 0.3) is 10.2 Å². The zero-order valence-corrected chi connectivity index (χ0v) is 17.9. The van der Waals surface area contributed by atoms with Crippen molar-refractivity contribution >= 4 is 32.6 Å². The van der Waals surface area contributed by atoms with Crippen LogP contribution in [0.3, 0.4) is 0 Å². The van der Waals surface area contributed by atoms with Crippen LogP contribution < -0.4 is 9.64 Å². The molecule has 2 aromatic heterocycles. The maximum Gasteiger partial charge on any atom is 0.233 e. The van der Waals surface area contributed by atoms with Crippen LogP contribution in [-0.2, 0) is 17.8 Å². The number of carbonyl (C=O) groups is 1. The third kappa shape index (κ3) is 4.66. The SMILES string of the molecule is CCOc1ccc2nc(N(Cc3cccnc3)C(=O)Cc3ccc(C)cc3)sc2c1. The van der Waals surface area contributed by atoms with Gasteiger partial charge in [-0.3, -0.25) is 14.7 Å². The summed E-state index contributed by atoms with van der Waals surface area (Å²) in [4.78, 5) is 24.0. The number of anilines is 1. The third-order valence-electron chi connectivity index (χ3n) is 4.73. The molecular formula is C24H23N3O2S. The van der Waals surface area contributed by atoms with Crippen molar-refractivity contribution in [3.63, 3.8) is 0 Å². The van der Waals surface area contributed by atoms with Crippen LogP contribution in [0, 0.1) is 6.92 Å². The van der Waals surface area contributed by atoms with E-state index >= 15 is 0 Å². The number of benzene rings is 2. The molecule has 1 amide bonds. The van der Waals surface area contributed by atoms with Gasteiger partial charge in [0, 0.05) is 12.4 Å². The lowest BCUT2D eigenvalue weighted by molar-refractivity contribution is -0.118. The molecule has 0 N–H and O–H groups in total. The first kappa shape index (κ1) is 20.0. The van der Waals surface area contributed by atoms with Gasteiger partial charge in [0.05, 0.1) is 29.8 Å². The molecule has 0 aliphatic rings. The van der Waals surface area contributed by atoms with E-state index < -0.39 is 0 Å². The second-order valence-corrected chi connectivity index (χ2v) is 8.07. The number of ether oxygens (including phenoxy) is 1. The highest BCUT2D eigenvalue weighted by molar-refractivity contribution is 7.22. The van der Waals surface area contributed by atoms with Gasteiger partial charge in [0.2, 0.25) is 5.91 Å². The highest BCUT2D eigenvalue weighted by Crippen LogP contribution is 2.32. The van der Waals surface area contributed by atoms with Gasteiger partial charge in [0.25, 0.3) is 0 Å². The van der Waals surface area contributed by atoms with Crippen molar-refractivity contribution in [2.45, 2.75) is 26.8 Å². The Kier molecular flexibility index (Phi) is 6.05. The maximum absolute atomic E-state index is 13.3. The molecule has 0 bridgehead atoms. The maximum atomic E-state index is 13.3. The van der Waals surface area contributed by atoms with Crippen LogP contribution in [0.4, 0.5) is 5.13 Å².